The summed E-state index contributed by atoms with van der Waals surface area (Å²) in [6.07, 6.45) is 0. The largest absolute Gasteiger partial charge is 0.487 e. The summed E-state index contributed by atoms with van der Waals surface area (Å²) < 4.78 is 17.0. The third-order valence-corrected chi connectivity index (χ3v) is 2.52. The van der Waals surface area contributed by atoms with E-state index in [0.717, 1.165) is 5.75 Å². The second-order valence-electron chi connectivity index (χ2n) is 4.10. The zero-order chi connectivity index (χ0) is 14.1. The molecule has 0 radical (unpaired) electrons. The van der Waals surface area contributed by atoms with Gasteiger partial charge in [0.05, 0.1) is 0 Å². The molecule has 0 aliphatic carbocycles. The third kappa shape index (κ3) is 4.94. The van der Waals surface area contributed by atoms with E-state index in [-0.39, 0.29) is 6.61 Å². The monoisotopic (exact) mass is 262 g/mol. The Morgan fingerprint density at radius 1 is 1.05 bits per heavy atom. The Bertz CT molecular complexity index is 420. The zero-order valence-electron chi connectivity index (χ0n) is 12.2. The van der Waals surface area contributed by atoms with Crippen LogP contribution in [0.3, 0.4) is 0 Å². The summed E-state index contributed by atoms with van der Waals surface area (Å²) >= 11 is 0. The summed E-state index contributed by atoms with van der Waals surface area (Å²) in [5.41, 5.74) is 1.20. The number of ether oxygens (including phenoxy) is 3. The molecule has 1 aromatic rings. The van der Waals surface area contributed by atoms with Crippen LogP contribution in [0.2, 0.25) is 0 Å². The van der Waals surface area contributed by atoms with Crippen molar-refractivity contribution in [3.8, 4) is 17.6 Å². The van der Waals surface area contributed by atoms with Crippen LogP contribution in [-0.4, -0.2) is 25.6 Å². The van der Waals surface area contributed by atoms with Gasteiger partial charge in [-0.15, -0.1) is 5.92 Å². The Labute approximate surface area is 115 Å². The van der Waals surface area contributed by atoms with Gasteiger partial charge in [-0.05, 0) is 45.7 Å². The zero-order valence-corrected chi connectivity index (χ0v) is 12.2. The lowest BCUT2D eigenvalue weighted by atomic mass is 10.2. The predicted molar refractivity (Wildman–Crippen MR) is 76.1 cm³/mol. The fourth-order valence-electron chi connectivity index (χ4n) is 1.70. The molecule has 0 aliphatic rings. The van der Waals surface area contributed by atoms with E-state index in [0.29, 0.717) is 13.2 Å². The van der Waals surface area contributed by atoms with E-state index in [1.807, 2.05) is 45.0 Å². The van der Waals surface area contributed by atoms with Crippen molar-refractivity contribution in [1.82, 2.24) is 0 Å². The molecule has 0 amide bonds. The first-order chi connectivity index (χ1) is 9.15. The average molecular weight is 262 g/mol. The summed E-state index contributed by atoms with van der Waals surface area (Å²) in [5.74, 6) is 5.61. The van der Waals surface area contributed by atoms with Crippen molar-refractivity contribution in [2.45, 2.75) is 33.5 Å². The van der Waals surface area contributed by atoms with E-state index >= 15 is 0 Å². The van der Waals surface area contributed by atoms with Crippen LogP contribution in [0.15, 0.2) is 24.3 Å². The quantitative estimate of drug-likeness (QED) is 0.558. The highest BCUT2D eigenvalue weighted by Crippen LogP contribution is 2.17. The number of aryl methyl sites for hydroxylation is 1. The number of hydrogen-bond donors (Lipinski definition) is 0. The van der Waals surface area contributed by atoms with Gasteiger partial charge >= 0.3 is 0 Å². The van der Waals surface area contributed by atoms with Gasteiger partial charge in [0.25, 0.3) is 5.79 Å². The molecule has 0 saturated carbocycles. The SMILES string of the molecule is CC#CC(COc1ccc(C)cc1)(OCC)OCC. The lowest BCUT2D eigenvalue weighted by Crippen LogP contribution is -2.41. The number of hydrogen-bond acceptors (Lipinski definition) is 3. The molecule has 0 heterocycles. The molecule has 1 rings (SSSR count). The fraction of sp³-hybridized carbons (Fsp3) is 0.500. The normalized spacial score (nSPS) is 10.7. The van der Waals surface area contributed by atoms with Gasteiger partial charge in [-0.2, -0.15) is 0 Å². The van der Waals surface area contributed by atoms with Gasteiger partial charge in [0.15, 0.2) is 6.61 Å². The first kappa shape index (κ1) is 15.6. The summed E-state index contributed by atoms with van der Waals surface area (Å²) in [4.78, 5) is 0. The maximum absolute atomic E-state index is 5.73. The van der Waals surface area contributed by atoms with Gasteiger partial charge in [0.2, 0.25) is 0 Å². The summed E-state index contributed by atoms with van der Waals surface area (Å²) in [7, 11) is 0. The Balaban J connectivity index is 2.75. The molecule has 19 heavy (non-hydrogen) atoms. The second kappa shape index (κ2) is 7.83. The van der Waals surface area contributed by atoms with Crippen LogP contribution in [0.25, 0.3) is 0 Å². The lowest BCUT2D eigenvalue weighted by molar-refractivity contribution is -0.207. The van der Waals surface area contributed by atoms with Crippen molar-refractivity contribution in [2.24, 2.45) is 0 Å². The molecule has 0 aliphatic heterocycles. The van der Waals surface area contributed by atoms with Gasteiger partial charge in [0.1, 0.15) is 5.75 Å². The molecule has 0 atom stereocenters. The highest BCUT2D eigenvalue weighted by atomic mass is 16.7. The first-order valence-corrected chi connectivity index (χ1v) is 6.57. The van der Waals surface area contributed by atoms with Gasteiger partial charge in [-0.3, -0.25) is 0 Å². The maximum Gasteiger partial charge on any atom is 0.269 e. The van der Waals surface area contributed by atoms with Crippen LogP contribution in [0.4, 0.5) is 0 Å². The van der Waals surface area contributed by atoms with Crippen molar-refractivity contribution in [3.05, 3.63) is 29.8 Å². The van der Waals surface area contributed by atoms with Crippen LogP contribution < -0.4 is 4.74 Å². The molecule has 0 aromatic heterocycles. The van der Waals surface area contributed by atoms with Crippen LogP contribution in [0.5, 0.6) is 5.75 Å². The molecule has 3 nitrogen and oxygen atoms in total. The van der Waals surface area contributed by atoms with E-state index in [4.69, 9.17) is 14.2 Å². The Morgan fingerprint density at radius 2 is 1.63 bits per heavy atom. The summed E-state index contributed by atoms with van der Waals surface area (Å²) in [6, 6.07) is 7.86. The van der Waals surface area contributed by atoms with Gasteiger partial charge in [-0.25, -0.2) is 0 Å². The van der Waals surface area contributed by atoms with Gasteiger partial charge < -0.3 is 14.2 Å². The topological polar surface area (TPSA) is 27.7 Å². The minimum atomic E-state index is -0.983. The van der Waals surface area contributed by atoms with Gasteiger partial charge in [0, 0.05) is 13.2 Å². The van der Waals surface area contributed by atoms with E-state index in [1.54, 1.807) is 6.92 Å². The number of benzene rings is 1. The molecule has 0 N–H and O–H groups in total. The second-order valence-corrected chi connectivity index (χ2v) is 4.10. The van der Waals surface area contributed by atoms with Crippen molar-refractivity contribution in [2.75, 3.05) is 19.8 Å². The van der Waals surface area contributed by atoms with E-state index in [2.05, 4.69) is 11.8 Å². The molecule has 0 spiro atoms. The molecular formula is C16H22O3. The van der Waals surface area contributed by atoms with Crippen LogP contribution in [0.1, 0.15) is 26.3 Å². The molecule has 3 heteroatoms. The number of rotatable bonds is 7. The molecule has 0 fully saturated rings. The molecule has 0 bridgehead atoms. The Kier molecular flexibility index (Phi) is 6.41. The molecule has 104 valence electrons. The van der Waals surface area contributed by atoms with E-state index in [1.165, 1.54) is 5.56 Å². The minimum Gasteiger partial charge on any atom is -0.487 e. The van der Waals surface area contributed by atoms with Crippen LogP contribution >= 0.6 is 0 Å². The highest BCUT2D eigenvalue weighted by Gasteiger charge is 2.30. The summed E-state index contributed by atoms with van der Waals surface area (Å²) in [5, 5.41) is 0. The first-order valence-electron chi connectivity index (χ1n) is 6.57. The molecule has 1 aromatic carbocycles. The maximum atomic E-state index is 5.73. The fourth-order valence-corrected chi connectivity index (χ4v) is 1.70. The van der Waals surface area contributed by atoms with Crippen molar-refractivity contribution in [3.63, 3.8) is 0 Å². The summed E-state index contributed by atoms with van der Waals surface area (Å²) in [6.45, 7) is 8.92. The van der Waals surface area contributed by atoms with Crippen molar-refractivity contribution < 1.29 is 14.2 Å². The molecular weight excluding hydrogens is 240 g/mol. The van der Waals surface area contributed by atoms with E-state index in [9.17, 15) is 0 Å². The average Bonchev–Trinajstić information content (AvgIpc) is 2.39. The smallest absolute Gasteiger partial charge is 0.269 e. The van der Waals surface area contributed by atoms with Crippen LogP contribution in [-0.2, 0) is 9.47 Å². The van der Waals surface area contributed by atoms with Crippen LogP contribution in [0, 0.1) is 18.8 Å². The Morgan fingerprint density at radius 3 is 2.11 bits per heavy atom. The third-order valence-electron chi connectivity index (χ3n) is 2.52. The lowest BCUT2D eigenvalue weighted by Gasteiger charge is -2.27. The van der Waals surface area contributed by atoms with Gasteiger partial charge in [-0.1, -0.05) is 17.7 Å². The van der Waals surface area contributed by atoms with Crippen molar-refractivity contribution in [1.29, 1.82) is 0 Å². The molecule has 0 saturated heterocycles. The minimum absolute atomic E-state index is 0.249. The molecule has 0 unspecified atom stereocenters. The Hall–Kier alpha value is -1.50. The van der Waals surface area contributed by atoms with E-state index < -0.39 is 5.79 Å². The standard InChI is InChI=1S/C16H22O3/c1-5-12-16(18-6-2,19-7-3)13-17-15-10-8-14(4)9-11-15/h8-11H,6-7,13H2,1-4H3. The van der Waals surface area contributed by atoms with Crippen molar-refractivity contribution >= 4 is 0 Å². The highest BCUT2D eigenvalue weighted by molar-refractivity contribution is 5.26. The predicted octanol–water partition coefficient (Wildman–Crippen LogP) is 3.17.